The lowest BCUT2D eigenvalue weighted by Gasteiger charge is -2.19. The SMILES string of the molecule is Cc1ccc(NC(=O)C(=O)NCc2ccccc2Cl)cc1N1CCCC1=O. The molecule has 1 fully saturated rings. The Balaban J connectivity index is 1.64. The lowest BCUT2D eigenvalue weighted by Crippen LogP contribution is -2.35. The highest BCUT2D eigenvalue weighted by atomic mass is 35.5. The van der Waals surface area contributed by atoms with Crippen molar-refractivity contribution in [1.82, 2.24) is 5.32 Å². The molecule has 2 aromatic carbocycles. The summed E-state index contributed by atoms with van der Waals surface area (Å²) in [7, 11) is 0. The summed E-state index contributed by atoms with van der Waals surface area (Å²) in [5, 5.41) is 5.65. The zero-order valence-electron chi connectivity index (χ0n) is 14.9. The number of halogens is 1. The summed E-state index contributed by atoms with van der Waals surface area (Å²) >= 11 is 6.04. The van der Waals surface area contributed by atoms with Gasteiger partial charge in [0.1, 0.15) is 0 Å². The summed E-state index contributed by atoms with van der Waals surface area (Å²) in [6, 6.07) is 12.3. The number of amides is 3. The number of rotatable bonds is 4. The Kier molecular flexibility index (Phi) is 5.76. The monoisotopic (exact) mass is 385 g/mol. The van der Waals surface area contributed by atoms with Crippen molar-refractivity contribution < 1.29 is 14.4 Å². The minimum absolute atomic E-state index is 0.0686. The van der Waals surface area contributed by atoms with Crippen LogP contribution in [0.25, 0.3) is 0 Å². The maximum Gasteiger partial charge on any atom is 0.313 e. The van der Waals surface area contributed by atoms with E-state index in [9.17, 15) is 14.4 Å². The molecule has 2 aromatic rings. The highest BCUT2D eigenvalue weighted by Gasteiger charge is 2.23. The molecule has 0 spiro atoms. The maximum absolute atomic E-state index is 12.2. The standard InChI is InChI=1S/C20H20ClN3O3/c1-13-8-9-15(11-17(13)24-10-4-7-18(24)25)23-20(27)19(26)22-12-14-5-2-3-6-16(14)21/h2-3,5-6,8-9,11H,4,7,10,12H2,1H3,(H,22,26)(H,23,27). The predicted molar refractivity (Wildman–Crippen MR) is 105 cm³/mol. The summed E-state index contributed by atoms with van der Waals surface area (Å²) in [6.45, 7) is 2.73. The molecule has 3 amide bonds. The Bertz CT molecular complexity index is 898. The van der Waals surface area contributed by atoms with Crippen LogP contribution in [-0.2, 0) is 20.9 Å². The van der Waals surface area contributed by atoms with Crippen LogP contribution in [0.5, 0.6) is 0 Å². The highest BCUT2D eigenvalue weighted by molar-refractivity contribution is 6.39. The fraction of sp³-hybridized carbons (Fsp3) is 0.250. The van der Waals surface area contributed by atoms with Crippen molar-refractivity contribution in [2.75, 3.05) is 16.8 Å². The first-order valence-electron chi connectivity index (χ1n) is 8.69. The topological polar surface area (TPSA) is 78.5 Å². The minimum atomic E-state index is -0.774. The number of nitrogens with zero attached hydrogens (tertiary/aromatic N) is 1. The molecule has 140 valence electrons. The largest absolute Gasteiger partial charge is 0.344 e. The van der Waals surface area contributed by atoms with Crippen molar-refractivity contribution in [1.29, 1.82) is 0 Å². The summed E-state index contributed by atoms with van der Waals surface area (Å²) in [6.07, 6.45) is 1.35. The van der Waals surface area contributed by atoms with Crippen LogP contribution >= 0.6 is 11.6 Å². The van der Waals surface area contributed by atoms with Crippen LogP contribution in [0.3, 0.4) is 0 Å². The molecule has 1 aliphatic rings. The highest BCUT2D eigenvalue weighted by Crippen LogP contribution is 2.28. The summed E-state index contributed by atoms with van der Waals surface area (Å²) in [5.74, 6) is -1.46. The van der Waals surface area contributed by atoms with Gasteiger partial charge in [-0.1, -0.05) is 35.9 Å². The number of benzene rings is 2. The lowest BCUT2D eigenvalue weighted by molar-refractivity contribution is -0.136. The molecule has 0 bridgehead atoms. The van der Waals surface area contributed by atoms with Gasteiger partial charge in [0.05, 0.1) is 0 Å². The smallest absolute Gasteiger partial charge is 0.313 e. The third kappa shape index (κ3) is 4.46. The van der Waals surface area contributed by atoms with Crippen LogP contribution < -0.4 is 15.5 Å². The van der Waals surface area contributed by atoms with Gasteiger partial charge in [0, 0.05) is 35.9 Å². The van der Waals surface area contributed by atoms with Gasteiger partial charge in [-0.2, -0.15) is 0 Å². The van der Waals surface area contributed by atoms with Gasteiger partial charge < -0.3 is 15.5 Å². The lowest BCUT2D eigenvalue weighted by atomic mass is 10.1. The fourth-order valence-corrected chi connectivity index (χ4v) is 3.17. The second-order valence-corrected chi connectivity index (χ2v) is 6.79. The van der Waals surface area contributed by atoms with E-state index < -0.39 is 11.8 Å². The zero-order valence-corrected chi connectivity index (χ0v) is 15.7. The number of hydrogen-bond donors (Lipinski definition) is 2. The number of hydrogen-bond acceptors (Lipinski definition) is 3. The summed E-state index contributed by atoms with van der Waals surface area (Å²) < 4.78 is 0. The third-order valence-corrected chi connectivity index (χ3v) is 4.80. The van der Waals surface area contributed by atoms with Crippen molar-refractivity contribution in [3.8, 4) is 0 Å². The first-order chi connectivity index (χ1) is 13.0. The van der Waals surface area contributed by atoms with E-state index in [1.807, 2.05) is 13.0 Å². The van der Waals surface area contributed by atoms with Gasteiger partial charge in [0.25, 0.3) is 0 Å². The molecule has 1 heterocycles. The number of aryl methyl sites for hydroxylation is 1. The van der Waals surface area contributed by atoms with E-state index in [1.165, 1.54) is 0 Å². The Morgan fingerprint density at radius 3 is 2.63 bits per heavy atom. The predicted octanol–water partition coefficient (Wildman–Crippen LogP) is 3.03. The Morgan fingerprint density at radius 2 is 1.93 bits per heavy atom. The molecule has 0 unspecified atom stereocenters. The van der Waals surface area contributed by atoms with E-state index in [0.29, 0.717) is 23.7 Å². The molecular formula is C20H20ClN3O3. The molecule has 3 rings (SSSR count). The van der Waals surface area contributed by atoms with Gasteiger partial charge in [-0.05, 0) is 42.7 Å². The Labute approximate surface area is 162 Å². The number of carbonyl (C=O) groups is 3. The number of carbonyl (C=O) groups excluding carboxylic acids is 3. The average Bonchev–Trinajstić information content (AvgIpc) is 3.08. The molecule has 0 atom stereocenters. The molecule has 0 radical (unpaired) electrons. The van der Waals surface area contributed by atoms with Gasteiger partial charge in [0.2, 0.25) is 5.91 Å². The summed E-state index contributed by atoms with van der Waals surface area (Å²) in [5.41, 5.74) is 2.89. The third-order valence-electron chi connectivity index (χ3n) is 4.43. The maximum atomic E-state index is 12.2. The molecule has 0 saturated carbocycles. The zero-order chi connectivity index (χ0) is 19.4. The molecule has 1 aliphatic heterocycles. The van der Waals surface area contributed by atoms with Crippen LogP contribution in [0.4, 0.5) is 11.4 Å². The number of nitrogens with one attached hydrogen (secondary N) is 2. The second-order valence-electron chi connectivity index (χ2n) is 6.38. The molecule has 6 nitrogen and oxygen atoms in total. The van der Waals surface area contributed by atoms with Crippen LogP contribution in [0.1, 0.15) is 24.0 Å². The number of anilines is 2. The molecule has 0 aliphatic carbocycles. The fourth-order valence-electron chi connectivity index (χ4n) is 2.97. The van der Waals surface area contributed by atoms with E-state index in [4.69, 9.17) is 11.6 Å². The van der Waals surface area contributed by atoms with Gasteiger partial charge in [0.15, 0.2) is 0 Å². The van der Waals surface area contributed by atoms with Crippen molar-refractivity contribution in [2.24, 2.45) is 0 Å². The molecule has 2 N–H and O–H groups in total. The normalized spacial score (nSPS) is 13.6. The summed E-state index contributed by atoms with van der Waals surface area (Å²) in [4.78, 5) is 37.9. The Morgan fingerprint density at radius 1 is 1.15 bits per heavy atom. The van der Waals surface area contributed by atoms with Crippen molar-refractivity contribution in [3.63, 3.8) is 0 Å². The van der Waals surface area contributed by atoms with Gasteiger partial charge >= 0.3 is 11.8 Å². The average molecular weight is 386 g/mol. The van der Waals surface area contributed by atoms with Gasteiger partial charge in [-0.25, -0.2) is 0 Å². The first-order valence-corrected chi connectivity index (χ1v) is 9.07. The molecular weight excluding hydrogens is 366 g/mol. The van der Waals surface area contributed by atoms with Crippen LogP contribution in [0.2, 0.25) is 5.02 Å². The van der Waals surface area contributed by atoms with E-state index >= 15 is 0 Å². The van der Waals surface area contributed by atoms with Crippen molar-refractivity contribution >= 4 is 40.7 Å². The van der Waals surface area contributed by atoms with Crippen LogP contribution in [-0.4, -0.2) is 24.3 Å². The van der Waals surface area contributed by atoms with Crippen molar-refractivity contribution in [2.45, 2.75) is 26.3 Å². The quantitative estimate of drug-likeness (QED) is 0.794. The first kappa shape index (κ1) is 18.9. The van der Waals surface area contributed by atoms with Crippen molar-refractivity contribution in [3.05, 3.63) is 58.6 Å². The Hall–Kier alpha value is -2.86. The van der Waals surface area contributed by atoms with E-state index in [0.717, 1.165) is 23.2 Å². The van der Waals surface area contributed by atoms with Crippen LogP contribution in [0, 0.1) is 6.92 Å². The molecule has 27 heavy (non-hydrogen) atoms. The van der Waals surface area contributed by atoms with E-state index in [1.54, 1.807) is 41.3 Å². The van der Waals surface area contributed by atoms with E-state index in [-0.39, 0.29) is 12.5 Å². The van der Waals surface area contributed by atoms with Crippen LogP contribution in [0.15, 0.2) is 42.5 Å². The van der Waals surface area contributed by atoms with E-state index in [2.05, 4.69) is 10.6 Å². The second kappa shape index (κ2) is 8.22. The molecule has 7 heteroatoms. The van der Waals surface area contributed by atoms with Gasteiger partial charge in [-0.3, -0.25) is 14.4 Å². The van der Waals surface area contributed by atoms with Gasteiger partial charge in [-0.15, -0.1) is 0 Å². The minimum Gasteiger partial charge on any atom is -0.344 e. The molecule has 1 saturated heterocycles. The molecule has 0 aromatic heterocycles.